The minimum Gasteiger partial charge on any atom is -0.317 e. The summed E-state index contributed by atoms with van der Waals surface area (Å²) in [5.74, 6) is -0.642. The van der Waals surface area contributed by atoms with Crippen LogP contribution in [0.1, 0.15) is 44.6 Å². The van der Waals surface area contributed by atoms with E-state index in [1.807, 2.05) is 0 Å². The zero-order valence-electron chi connectivity index (χ0n) is 11.1. The van der Waals surface area contributed by atoms with Crippen molar-refractivity contribution in [3.63, 3.8) is 0 Å². The molecule has 0 spiro atoms. The Morgan fingerprint density at radius 2 is 1.78 bits per heavy atom. The number of hydrogen-bond donors (Lipinski definition) is 1. The summed E-state index contributed by atoms with van der Waals surface area (Å²) in [6.45, 7) is 4.29. The first-order valence-electron chi connectivity index (χ1n) is 6.88. The predicted molar refractivity (Wildman–Crippen MR) is 71.7 cm³/mol. The molecule has 3 heteroatoms. The Morgan fingerprint density at radius 3 is 2.56 bits per heavy atom. The van der Waals surface area contributed by atoms with Crippen LogP contribution in [-0.2, 0) is 6.42 Å². The van der Waals surface area contributed by atoms with Crippen LogP contribution in [0.4, 0.5) is 8.78 Å². The molecule has 102 valence electrons. The predicted octanol–water partition coefficient (Wildman–Crippen LogP) is 4.07. The number of unbranched alkanes of at least 4 members (excludes halogenated alkanes) is 3. The average Bonchev–Trinajstić information content (AvgIpc) is 2.36. The molecule has 0 aromatic heterocycles. The molecule has 1 rings (SSSR count). The van der Waals surface area contributed by atoms with Crippen LogP contribution >= 0.6 is 0 Å². The second-order valence-electron chi connectivity index (χ2n) is 4.65. The van der Waals surface area contributed by atoms with Gasteiger partial charge in [0.1, 0.15) is 11.6 Å². The summed E-state index contributed by atoms with van der Waals surface area (Å²) in [7, 11) is 0. The normalized spacial score (nSPS) is 10.8. The lowest BCUT2D eigenvalue weighted by molar-refractivity contribution is 0.562. The summed E-state index contributed by atoms with van der Waals surface area (Å²) in [4.78, 5) is 0. The molecule has 0 saturated heterocycles. The van der Waals surface area contributed by atoms with E-state index in [0.29, 0.717) is 12.0 Å². The van der Waals surface area contributed by atoms with Crippen molar-refractivity contribution in [1.29, 1.82) is 0 Å². The maximum absolute atomic E-state index is 13.3. The summed E-state index contributed by atoms with van der Waals surface area (Å²) in [6.07, 6.45) is 6.10. The van der Waals surface area contributed by atoms with Crippen LogP contribution < -0.4 is 5.32 Å². The average molecular weight is 255 g/mol. The fourth-order valence-corrected chi connectivity index (χ4v) is 1.96. The number of hydrogen-bond acceptors (Lipinski definition) is 1. The molecule has 0 saturated carbocycles. The number of aryl methyl sites for hydroxylation is 1. The van der Waals surface area contributed by atoms with Crippen LogP contribution in [0.25, 0.3) is 0 Å². The zero-order chi connectivity index (χ0) is 13.2. The zero-order valence-corrected chi connectivity index (χ0v) is 11.1. The minimum atomic E-state index is -0.352. The van der Waals surface area contributed by atoms with Gasteiger partial charge in [0.05, 0.1) is 0 Å². The second-order valence-corrected chi connectivity index (χ2v) is 4.65. The summed E-state index contributed by atoms with van der Waals surface area (Å²) >= 11 is 0. The lowest BCUT2D eigenvalue weighted by atomic mass is 10.1. The van der Waals surface area contributed by atoms with Crippen molar-refractivity contribution in [2.75, 3.05) is 13.1 Å². The van der Waals surface area contributed by atoms with E-state index in [1.54, 1.807) is 0 Å². The quantitative estimate of drug-likeness (QED) is 0.656. The first-order chi connectivity index (χ1) is 8.74. The van der Waals surface area contributed by atoms with Gasteiger partial charge in [0.2, 0.25) is 0 Å². The first-order valence-corrected chi connectivity index (χ1v) is 6.88. The summed E-state index contributed by atoms with van der Waals surface area (Å²) in [5, 5.41) is 3.35. The lowest BCUT2D eigenvalue weighted by Crippen LogP contribution is -2.15. The molecule has 18 heavy (non-hydrogen) atoms. The molecule has 1 aromatic rings. The van der Waals surface area contributed by atoms with Gasteiger partial charge in [0.25, 0.3) is 0 Å². The molecule has 0 aliphatic rings. The van der Waals surface area contributed by atoms with Gasteiger partial charge in [-0.05, 0) is 62.5 Å². The highest BCUT2D eigenvalue weighted by Gasteiger charge is 2.03. The van der Waals surface area contributed by atoms with Crippen molar-refractivity contribution in [2.45, 2.75) is 45.4 Å². The lowest BCUT2D eigenvalue weighted by Gasteiger charge is -2.05. The molecule has 1 aromatic carbocycles. The Kier molecular flexibility index (Phi) is 7.58. The van der Waals surface area contributed by atoms with E-state index in [4.69, 9.17) is 0 Å². The first kappa shape index (κ1) is 15.1. The van der Waals surface area contributed by atoms with E-state index in [2.05, 4.69) is 12.2 Å². The molecule has 0 aliphatic heterocycles. The second kappa shape index (κ2) is 9.03. The van der Waals surface area contributed by atoms with Crippen molar-refractivity contribution in [2.24, 2.45) is 0 Å². The van der Waals surface area contributed by atoms with E-state index >= 15 is 0 Å². The Morgan fingerprint density at radius 1 is 1.00 bits per heavy atom. The van der Waals surface area contributed by atoms with E-state index in [9.17, 15) is 8.78 Å². The van der Waals surface area contributed by atoms with Crippen LogP contribution in [0.2, 0.25) is 0 Å². The Bertz CT molecular complexity index is 339. The molecule has 0 bridgehead atoms. The van der Waals surface area contributed by atoms with Crippen molar-refractivity contribution in [3.8, 4) is 0 Å². The molecule has 1 N–H and O–H groups in total. The minimum absolute atomic E-state index is 0.291. The van der Waals surface area contributed by atoms with E-state index in [0.717, 1.165) is 44.8 Å². The molecule has 0 radical (unpaired) electrons. The summed E-state index contributed by atoms with van der Waals surface area (Å²) in [5.41, 5.74) is 0.499. The van der Waals surface area contributed by atoms with Crippen LogP contribution in [0.3, 0.4) is 0 Å². The number of nitrogens with one attached hydrogen (secondary N) is 1. The van der Waals surface area contributed by atoms with Gasteiger partial charge in [0.15, 0.2) is 0 Å². The highest BCUT2D eigenvalue weighted by molar-refractivity contribution is 5.18. The van der Waals surface area contributed by atoms with Gasteiger partial charge in [0, 0.05) is 0 Å². The molecule has 0 heterocycles. The van der Waals surface area contributed by atoms with Gasteiger partial charge in [-0.25, -0.2) is 8.78 Å². The Hall–Kier alpha value is -0.960. The van der Waals surface area contributed by atoms with Crippen LogP contribution in [-0.4, -0.2) is 13.1 Å². The van der Waals surface area contributed by atoms with E-state index < -0.39 is 0 Å². The maximum atomic E-state index is 13.3. The molecular weight excluding hydrogens is 232 g/mol. The van der Waals surface area contributed by atoms with E-state index in [-0.39, 0.29) is 11.6 Å². The molecule has 0 amide bonds. The molecule has 0 unspecified atom stereocenters. The highest BCUT2D eigenvalue weighted by Crippen LogP contribution is 2.13. The van der Waals surface area contributed by atoms with Crippen molar-refractivity contribution in [1.82, 2.24) is 5.32 Å². The molecule has 1 nitrogen and oxygen atoms in total. The van der Waals surface area contributed by atoms with Gasteiger partial charge >= 0.3 is 0 Å². The third kappa shape index (κ3) is 6.10. The number of halogens is 2. The summed E-state index contributed by atoms with van der Waals surface area (Å²) in [6, 6.07) is 3.68. The van der Waals surface area contributed by atoms with Crippen molar-refractivity contribution in [3.05, 3.63) is 35.4 Å². The summed E-state index contributed by atoms with van der Waals surface area (Å²) < 4.78 is 26.2. The molecular formula is C15H23F2N. The van der Waals surface area contributed by atoms with Gasteiger partial charge in [-0.1, -0.05) is 19.8 Å². The van der Waals surface area contributed by atoms with Crippen molar-refractivity contribution < 1.29 is 8.78 Å². The third-order valence-electron chi connectivity index (χ3n) is 2.98. The fraction of sp³-hybridized carbons (Fsp3) is 0.600. The monoisotopic (exact) mass is 255 g/mol. The molecule has 0 fully saturated rings. The van der Waals surface area contributed by atoms with Gasteiger partial charge in [-0.2, -0.15) is 0 Å². The van der Waals surface area contributed by atoms with Gasteiger partial charge in [-0.15, -0.1) is 0 Å². The third-order valence-corrected chi connectivity index (χ3v) is 2.98. The van der Waals surface area contributed by atoms with Gasteiger partial charge in [-0.3, -0.25) is 0 Å². The van der Waals surface area contributed by atoms with Crippen molar-refractivity contribution >= 4 is 0 Å². The molecule has 0 atom stereocenters. The van der Waals surface area contributed by atoms with Crippen LogP contribution in [0, 0.1) is 11.6 Å². The Labute approximate surface area is 109 Å². The highest BCUT2D eigenvalue weighted by atomic mass is 19.1. The molecule has 0 aliphatic carbocycles. The van der Waals surface area contributed by atoms with E-state index in [1.165, 1.54) is 18.6 Å². The van der Waals surface area contributed by atoms with Crippen LogP contribution in [0.15, 0.2) is 18.2 Å². The standard InChI is InChI=1S/C15H23F2N/c1-2-10-18-11-6-4-3-5-7-13-12-14(16)8-9-15(13)17/h8-9,12,18H,2-7,10-11H2,1H3. The van der Waals surface area contributed by atoms with Crippen LogP contribution in [0.5, 0.6) is 0 Å². The topological polar surface area (TPSA) is 12.0 Å². The largest absolute Gasteiger partial charge is 0.317 e. The smallest absolute Gasteiger partial charge is 0.126 e. The number of rotatable bonds is 9. The fourth-order valence-electron chi connectivity index (χ4n) is 1.96. The maximum Gasteiger partial charge on any atom is 0.126 e. The number of benzene rings is 1. The Balaban J connectivity index is 2.09. The van der Waals surface area contributed by atoms with Gasteiger partial charge < -0.3 is 5.32 Å². The SMILES string of the molecule is CCCNCCCCCCc1cc(F)ccc1F.